The third-order valence-corrected chi connectivity index (χ3v) is 3.90. The Balaban J connectivity index is 2.14. The summed E-state index contributed by atoms with van der Waals surface area (Å²) in [6.45, 7) is 4.96. The maximum atomic E-state index is 9.23. The van der Waals surface area contributed by atoms with E-state index in [9.17, 15) is 5.11 Å². The molecule has 0 saturated heterocycles. The average molecular weight is 327 g/mol. The van der Waals surface area contributed by atoms with Gasteiger partial charge in [-0.15, -0.1) is 0 Å². The van der Waals surface area contributed by atoms with Gasteiger partial charge in [-0.05, 0) is 43.0 Å². The highest BCUT2D eigenvalue weighted by molar-refractivity contribution is 9.10. The molecule has 1 aliphatic rings. The number of aliphatic hydroxyl groups is 1. The predicted octanol–water partition coefficient (Wildman–Crippen LogP) is 2.91. The van der Waals surface area contributed by atoms with E-state index in [1.807, 2.05) is 0 Å². The van der Waals surface area contributed by atoms with Gasteiger partial charge in [-0.3, -0.25) is 0 Å². The quantitative estimate of drug-likeness (QED) is 0.771. The van der Waals surface area contributed by atoms with Crippen LogP contribution in [-0.2, 0) is 6.54 Å². The van der Waals surface area contributed by atoms with Gasteiger partial charge in [0, 0.05) is 35.8 Å². The monoisotopic (exact) mass is 326 g/mol. The second-order valence-electron chi connectivity index (χ2n) is 5.14. The maximum absolute atomic E-state index is 9.23. The molecule has 1 aromatic rings. The minimum absolute atomic E-state index is 0.200. The topological polar surface area (TPSA) is 35.5 Å². The van der Waals surface area contributed by atoms with Crippen molar-refractivity contribution in [3.63, 3.8) is 0 Å². The van der Waals surface area contributed by atoms with Gasteiger partial charge in [-0.25, -0.2) is 0 Å². The van der Waals surface area contributed by atoms with Gasteiger partial charge in [0.15, 0.2) is 0 Å². The second kappa shape index (κ2) is 7.27. The van der Waals surface area contributed by atoms with Crippen molar-refractivity contribution in [3.8, 4) is 0 Å². The van der Waals surface area contributed by atoms with E-state index in [2.05, 4.69) is 51.3 Å². The van der Waals surface area contributed by atoms with Gasteiger partial charge < -0.3 is 15.3 Å². The Kier molecular flexibility index (Phi) is 5.67. The fourth-order valence-corrected chi connectivity index (χ4v) is 2.70. The van der Waals surface area contributed by atoms with Crippen LogP contribution < -0.4 is 10.2 Å². The fraction of sp³-hybridized carbons (Fsp3) is 0.600. The molecule has 0 heterocycles. The number of anilines is 1. The van der Waals surface area contributed by atoms with Crippen LogP contribution >= 0.6 is 15.9 Å². The fourth-order valence-electron chi connectivity index (χ4n) is 2.29. The molecule has 106 valence electrons. The van der Waals surface area contributed by atoms with Crippen LogP contribution in [0.15, 0.2) is 22.7 Å². The molecule has 0 radical (unpaired) electrons. The van der Waals surface area contributed by atoms with Crippen LogP contribution in [0.25, 0.3) is 0 Å². The number of nitrogens with one attached hydrogen (secondary N) is 1. The third-order valence-electron chi connectivity index (χ3n) is 3.40. The first-order valence-electron chi connectivity index (χ1n) is 7.12. The van der Waals surface area contributed by atoms with Crippen LogP contribution in [0.1, 0.15) is 31.7 Å². The summed E-state index contributed by atoms with van der Waals surface area (Å²) in [5.74, 6) is 0. The minimum atomic E-state index is 0.200. The third kappa shape index (κ3) is 4.48. The van der Waals surface area contributed by atoms with Crippen molar-refractivity contribution < 1.29 is 5.11 Å². The molecule has 4 heteroatoms. The van der Waals surface area contributed by atoms with Crippen LogP contribution in [0.2, 0.25) is 0 Å². The molecule has 2 N–H and O–H groups in total. The Morgan fingerprint density at radius 3 is 2.79 bits per heavy atom. The molecule has 0 bridgehead atoms. The van der Waals surface area contributed by atoms with Crippen molar-refractivity contribution in [2.24, 2.45) is 0 Å². The average Bonchev–Trinajstić information content (AvgIpc) is 3.20. The number of hydrogen-bond donors (Lipinski definition) is 2. The van der Waals surface area contributed by atoms with E-state index < -0.39 is 0 Å². The molecule has 19 heavy (non-hydrogen) atoms. The summed E-state index contributed by atoms with van der Waals surface area (Å²) in [4.78, 5) is 2.27. The second-order valence-corrected chi connectivity index (χ2v) is 6.05. The summed E-state index contributed by atoms with van der Waals surface area (Å²) in [5.41, 5.74) is 2.55. The van der Waals surface area contributed by atoms with Crippen LogP contribution in [0, 0.1) is 0 Å². The zero-order valence-corrected chi connectivity index (χ0v) is 13.1. The highest BCUT2D eigenvalue weighted by atomic mass is 79.9. The molecule has 1 aromatic carbocycles. The van der Waals surface area contributed by atoms with Gasteiger partial charge in [-0.1, -0.05) is 22.9 Å². The van der Waals surface area contributed by atoms with Crippen LogP contribution in [0.3, 0.4) is 0 Å². The highest BCUT2D eigenvalue weighted by Gasteiger charge is 2.21. The number of hydrogen-bond acceptors (Lipinski definition) is 3. The lowest BCUT2D eigenvalue weighted by Gasteiger charge is -2.26. The van der Waals surface area contributed by atoms with Crippen LogP contribution in [-0.4, -0.2) is 30.8 Å². The van der Waals surface area contributed by atoms with E-state index in [0.29, 0.717) is 12.6 Å². The molecule has 3 nitrogen and oxygen atoms in total. The van der Waals surface area contributed by atoms with Crippen LogP contribution in [0.4, 0.5) is 5.69 Å². The highest BCUT2D eigenvalue weighted by Crippen LogP contribution is 2.26. The van der Waals surface area contributed by atoms with Crippen molar-refractivity contribution in [2.45, 2.75) is 38.8 Å². The molecule has 0 spiro atoms. The molecule has 0 atom stereocenters. The van der Waals surface area contributed by atoms with E-state index in [0.717, 1.165) is 24.0 Å². The van der Waals surface area contributed by atoms with Crippen molar-refractivity contribution in [1.29, 1.82) is 0 Å². The number of aliphatic hydroxyl groups excluding tert-OH is 1. The summed E-state index contributed by atoms with van der Waals surface area (Å²) in [6.07, 6.45) is 3.70. The summed E-state index contributed by atoms with van der Waals surface area (Å²) >= 11 is 3.55. The van der Waals surface area contributed by atoms with E-state index in [4.69, 9.17) is 0 Å². The Labute approximate surface area is 124 Å². The minimum Gasteiger partial charge on any atom is -0.395 e. The first kappa shape index (κ1) is 14.8. The van der Waals surface area contributed by atoms with Gasteiger partial charge in [0.2, 0.25) is 0 Å². The lowest BCUT2D eigenvalue weighted by molar-refractivity contribution is 0.301. The first-order chi connectivity index (χ1) is 9.24. The van der Waals surface area contributed by atoms with Crippen molar-refractivity contribution in [2.75, 3.05) is 24.6 Å². The molecule has 0 amide bonds. The lowest BCUT2D eigenvalue weighted by Crippen LogP contribution is -2.29. The van der Waals surface area contributed by atoms with E-state index in [1.54, 1.807) is 0 Å². The van der Waals surface area contributed by atoms with Crippen molar-refractivity contribution >= 4 is 21.6 Å². The number of benzene rings is 1. The maximum Gasteiger partial charge on any atom is 0.0606 e. The first-order valence-corrected chi connectivity index (χ1v) is 7.91. The van der Waals surface area contributed by atoms with Gasteiger partial charge in [0.1, 0.15) is 0 Å². The predicted molar refractivity (Wildman–Crippen MR) is 83.6 cm³/mol. The summed E-state index contributed by atoms with van der Waals surface area (Å²) in [6, 6.07) is 7.13. The number of nitrogens with zero attached hydrogens (tertiary/aromatic N) is 1. The van der Waals surface area contributed by atoms with Crippen molar-refractivity contribution in [1.82, 2.24) is 5.32 Å². The van der Waals surface area contributed by atoms with Crippen molar-refractivity contribution in [3.05, 3.63) is 28.2 Å². The SMILES string of the molecule is CCCN(CCO)c1ccc(Br)cc1CNC1CC1. The van der Waals surface area contributed by atoms with E-state index >= 15 is 0 Å². The number of rotatable bonds is 8. The molecular formula is C15H23BrN2O. The summed E-state index contributed by atoms with van der Waals surface area (Å²) < 4.78 is 1.12. The van der Waals surface area contributed by atoms with E-state index in [-0.39, 0.29) is 6.61 Å². The van der Waals surface area contributed by atoms with Gasteiger partial charge in [-0.2, -0.15) is 0 Å². The smallest absolute Gasteiger partial charge is 0.0606 e. The molecule has 0 aromatic heterocycles. The largest absolute Gasteiger partial charge is 0.395 e. The Morgan fingerprint density at radius 2 is 2.16 bits per heavy atom. The molecule has 0 unspecified atom stereocenters. The van der Waals surface area contributed by atoms with E-state index in [1.165, 1.54) is 24.1 Å². The molecule has 1 saturated carbocycles. The molecule has 1 fully saturated rings. The number of halogens is 1. The Bertz CT molecular complexity index is 401. The standard InChI is InChI=1S/C15H23BrN2O/c1-2-7-18(8-9-19)15-6-3-13(16)10-12(15)11-17-14-4-5-14/h3,6,10,14,17,19H,2,4-5,7-9,11H2,1H3. The zero-order valence-electron chi connectivity index (χ0n) is 11.5. The van der Waals surface area contributed by atoms with Gasteiger partial charge >= 0.3 is 0 Å². The van der Waals surface area contributed by atoms with Gasteiger partial charge in [0.05, 0.1) is 6.61 Å². The summed E-state index contributed by atoms with van der Waals surface area (Å²) in [5, 5.41) is 12.8. The Morgan fingerprint density at radius 1 is 1.37 bits per heavy atom. The summed E-state index contributed by atoms with van der Waals surface area (Å²) in [7, 11) is 0. The van der Waals surface area contributed by atoms with Gasteiger partial charge in [0.25, 0.3) is 0 Å². The molecule has 1 aliphatic carbocycles. The molecule has 0 aliphatic heterocycles. The Hall–Kier alpha value is -0.580. The van der Waals surface area contributed by atoms with Crippen LogP contribution in [0.5, 0.6) is 0 Å². The molecular weight excluding hydrogens is 304 g/mol. The molecule has 2 rings (SSSR count). The zero-order chi connectivity index (χ0) is 13.7. The lowest BCUT2D eigenvalue weighted by atomic mass is 10.1. The normalized spacial score (nSPS) is 14.7.